The van der Waals surface area contributed by atoms with Gasteiger partial charge in [0.2, 0.25) is 10.8 Å². The van der Waals surface area contributed by atoms with Crippen molar-refractivity contribution in [2.24, 2.45) is 4.52 Å². The van der Waals surface area contributed by atoms with Crippen LogP contribution in [-0.2, 0) is 11.8 Å². The van der Waals surface area contributed by atoms with Crippen LogP contribution >= 0.6 is 55.8 Å². The molecule has 0 saturated carbocycles. The van der Waals surface area contributed by atoms with Gasteiger partial charge in [0.15, 0.2) is 0 Å². The van der Waals surface area contributed by atoms with Crippen LogP contribution in [0.2, 0.25) is 0 Å². The zero-order valence-electron chi connectivity index (χ0n) is 5.71. The monoisotopic (exact) mass is 292 g/mol. The fourth-order valence-electron chi connectivity index (χ4n) is 0.205. The number of rotatable bonds is 2. The molecule has 11 heavy (non-hydrogen) atoms. The van der Waals surface area contributed by atoms with Gasteiger partial charge in [-0.1, -0.05) is 0 Å². The van der Waals surface area contributed by atoms with E-state index in [0.717, 1.165) is 0 Å². The van der Waals surface area contributed by atoms with E-state index in [1.807, 2.05) is 0 Å². The summed E-state index contributed by atoms with van der Waals surface area (Å²) in [4.78, 5) is -2.69. The molecule has 0 aliphatic rings. The molecule has 0 amide bonds. The molecular formula is C2H6Cl4N2P2S. The summed E-state index contributed by atoms with van der Waals surface area (Å²) in [6.07, 6.45) is 0. The SMILES string of the molecule is CN(C)P(Cl)(Cl)=NP(=S)(Cl)Cl. The van der Waals surface area contributed by atoms with Crippen LogP contribution in [0.4, 0.5) is 0 Å². The molecule has 0 aliphatic heterocycles. The Labute approximate surface area is 90.5 Å². The van der Waals surface area contributed by atoms with E-state index in [1.54, 1.807) is 18.8 Å². The first-order valence-corrected chi connectivity index (χ1v) is 10.4. The molecule has 0 aromatic heterocycles. The average molecular weight is 294 g/mol. The van der Waals surface area contributed by atoms with E-state index in [0.29, 0.717) is 0 Å². The first-order valence-electron chi connectivity index (χ1n) is 2.35. The summed E-state index contributed by atoms with van der Waals surface area (Å²) in [5, 5.41) is 0. The summed E-state index contributed by atoms with van der Waals surface area (Å²) >= 11 is 27.3. The normalized spacial score (nSPS) is 13.7. The van der Waals surface area contributed by atoms with Crippen LogP contribution in [0.1, 0.15) is 0 Å². The zero-order valence-corrected chi connectivity index (χ0v) is 11.3. The molecule has 0 atom stereocenters. The average Bonchev–Trinajstić information content (AvgIpc) is 1.56. The topological polar surface area (TPSA) is 15.6 Å². The van der Waals surface area contributed by atoms with Crippen molar-refractivity contribution >= 4 is 67.6 Å². The molecule has 0 bridgehead atoms. The molecule has 0 unspecified atom stereocenters. The quantitative estimate of drug-likeness (QED) is 0.687. The van der Waals surface area contributed by atoms with Crippen molar-refractivity contribution in [2.45, 2.75) is 0 Å². The summed E-state index contributed by atoms with van der Waals surface area (Å²) in [6.45, 7) is 0. The second kappa shape index (κ2) is 4.48. The molecule has 68 valence electrons. The van der Waals surface area contributed by atoms with Gasteiger partial charge in [0, 0.05) is 0 Å². The molecule has 0 fully saturated rings. The van der Waals surface area contributed by atoms with Gasteiger partial charge in [-0.05, 0) is 70.9 Å². The number of halogens is 4. The van der Waals surface area contributed by atoms with Gasteiger partial charge in [-0.25, -0.2) is 0 Å². The van der Waals surface area contributed by atoms with Crippen molar-refractivity contribution in [2.75, 3.05) is 14.1 Å². The van der Waals surface area contributed by atoms with E-state index < -0.39 is 10.8 Å². The third-order valence-corrected chi connectivity index (χ3v) is 8.25. The Morgan fingerprint density at radius 3 is 1.64 bits per heavy atom. The van der Waals surface area contributed by atoms with Crippen molar-refractivity contribution in [3.05, 3.63) is 0 Å². The molecule has 2 nitrogen and oxygen atoms in total. The Hall–Kier alpha value is 2.00. The first kappa shape index (κ1) is 13.0. The lowest BCUT2D eigenvalue weighted by Gasteiger charge is -2.17. The Kier molecular flexibility index (Phi) is 5.30. The summed E-state index contributed by atoms with van der Waals surface area (Å²) in [5.74, 6) is -2.55. The highest BCUT2D eigenvalue weighted by Crippen LogP contribution is 2.73. The van der Waals surface area contributed by atoms with Gasteiger partial charge in [-0.3, -0.25) is 4.67 Å². The van der Waals surface area contributed by atoms with Gasteiger partial charge < -0.3 is 0 Å². The van der Waals surface area contributed by atoms with Crippen LogP contribution in [0.25, 0.3) is 0 Å². The van der Waals surface area contributed by atoms with Crippen molar-refractivity contribution in [1.29, 1.82) is 0 Å². The van der Waals surface area contributed by atoms with E-state index in [9.17, 15) is 0 Å². The number of hydrogen-bond acceptors (Lipinski definition) is 1. The van der Waals surface area contributed by atoms with Crippen molar-refractivity contribution < 1.29 is 0 Å². The van der Waals surface area contributed by atoms with E-state index in [2.05, 4.69) is 16.3 Å². The third kappa shape index (κ3) is 6.12. The molecule has 0 aromatic rings. The smallest absolute Gasteiger partial charge is 0.227 e. The molecule has 0 rings (SSSR count). The van der Waals surface area contributed by atoms with Crippen LogP contribution in [0.3, 0.4) is 0 Å². The fourth-order valence-corrected chi connectivity index (χ4v) is 8.35. The van der Waals surface area contributed by atoms with E-state index in [4.69, 9.17) is 45.0 Å². The first-order chi connectivity index (χ1) is 4.65. The third-order valence-electron chi connectivity index (χ3n) is 0.693. The zero-order chi connectivity index (χ0) is 9.28. The molecule has 0 spiro atoms. The Morgan fingerprint density at radius 1 is 1.18 bits per heavy atom. The minimum atomic E-state index is -2.69. The Morgan fingerprint density at radius 2 is 1.55 bits per heavy atom. The standard InChI is InChI=1S/C2H6Cl4N2P2S/c1-8(2)9(3,4)7-10(5,6)11/h1-2H3. The number of nitrogens with zero attached hydrogens (tertiary/aromatic N) is 2. The van der Waals surface area contributed by atoms with E-state index in [-0.39, 0.29) is 0 Å². The minimum Gasteiger partial charge on any atom is -0.252 e. The molecule has 9 heteroatoms. The lowest BCUT2D eigenvalue weighted by molar-refractivity contribution is 0.690. The second-order valence-corrected chi connectivity index (χ2v) is 14.7. The van der Waals surface area contributed by atoms with Crippen LogP contribution in [0.15, 0.2) is 4.52 Å². The molecule has 0 aromatic carbocycles. The van der Waals surface area contributed by atoms with Crippen molar-refractivity contribution in [1.82, 2.24) is 4.67 Å². The van der Waals surface area contributed by atoms with Crippen LogP contribution < -0.4 is 0 Å². The van der Waals surface area contributed by atoms with Crippen molar-refractivity contribution in [3.63, 3.8) is 0 Å². The molecule has 0 heterocycles. The van der Waals surface area contributed by atoms with Crippen LogP contribution in [0, 0.1) is 0 Å². The van der Waals surface area contributed by atoms with Gasteiger partial charge >= 0.3 is 0 Å². The predicted octanol–water partition coefficient (Wildman–Crippen LogP) is 4.67. The highest BCUT2D eigenvalue weighted by Gasteiger charge is 2.19. The Balaban J connectivity index is 4.83. The van der Waals surface area contributed by atoms with E-state index in [1.165, 1.54) is 0 Å². The van der Waals surface area contributed by atoms with Gasteiger partial charge in [-0.2, -0.15) is 4.52 Å². The van der Waals surface area contributed by atoms with Crippen LogP contribution in [0.5, 0.6) is 0 Å². The second-order valence-electron chi connectivity index (χ2n) is 1.83. The van der Waals surface area contributed by atoms with Gasteiger partial charge in [0.1, 0.15) is 0 Å². The van der Waals surface area contributed by atoms with E-state index >= 15 is 0 Å². The molecule has 0 N–H and O–H groups in total. The lowest BCUT2D eigenvalue weighted by atomic mass is 11.3. The predicted molar refractivity (Wildman–Crippen MR) is 60.7 cm³/mol. The van der Waals surface area contributed by atoms with Gasteiger partial charge in [0.05, 0.1) is 0 Å². The summed E-state index contributed by atoms with van der Waals surface area (Å²) in [6, 6.07) is 0. The van der Waals surface area contributed by atoms with Crippen molar-refractivity contribution in [3.8, 4) is 0 Å². The molecule has 0 radical (unpaired) electrons. The molecular weight excluding hydrogens is 288 g/mol. The van der Waals surface area contributed by atoms with Gasteiger partial charge in [0.25, 0.3) is 0 Å². The summed E-state index contributed by atoms with van der Waals surface area (Å²) < 4.78 is 5.32. The highest BCUT2D eigenvalue weighted by atomic mass is 35.9. The maximum absolute atomic E-state index is 5.78. The maximum atomic E-state index is 5.78. The maximum Gasteiger partial charge on any atom is 0.227 e. The molecule has 0 aliphatic carbocycles. The largest absolute Gasteiger partial charge is 0.252 e. The summed E-state index contributed by atoms with van der Waals surface area (Å²) in [5.41, 5.74) is 0. The Bertz CT molecular complexity index is 228. The minimum absolute atomic E-state index is 1.56. The lowest BCUT2D eigenvalue weighted by Crippen LogP contribution is -1.99. The van der Waals surface area contributed by atoms with Crippen LogP contribution in [-0.4, -0.2) is 18.8 Å². The fraction of sp³-hybridized carbons (Fsp3) is 1.00. The molecule has 0 saturated heterocycles. The van der Waals surface area contributed by atoms with Gasteiger partial charge in [-0.15, -0.1) is 0 Å². The number of hydrogen-bond donors (Lipinski definition) is 0. The summed E-state index contributed by atoms with van der Waals surface area (Å²) in [7, 11) is 3.38. The highest BCUT2D eigenvalue weighted by molar-refractivity contribution is 8.40.